The highest BCUT2D eigenvalue weighted by Gasteiger charge is 2.06. The van der Waals surface area contributed by atoms with Crippen molar-refractivity contribution >= 4 is 24.0 Å². The molecular formula is C11H17ClN2O2. The summed E-state index contributed by atoms with van der Waals surface area (Å²) in [5.74, 6) is 0.596. The standard InChI is InChI=1S/C11H16N2O2.ClH/c1-8-4-5-9(10(6-8)15-3)13-11(14)7-12-2;/h4-6,12H,7H2,1-3H3,(H,13,14);1H. The number of hydrogen-bond donors (Lipinski definition) is 2. The van der Waals surface area contributed by atoms with Gasteiger partial charge in [0.2, 0.25) is 5.91 Å². The lowest BCUT2D eigenvalue weighted by Crippen LogP contribution is -2.25. The Kier molecular flexibility index (Phi) is 6.53. The summed E-state index contributed by atoms with van der Waals surface area (Å²) in [5, 5.41) is 5.55. The number of methoxy groups -OCH3 is 1. The van der Waals surface area contributed by atoms with Crippen molar-refractivity contribution in [1.29, 1.82) is 0 Å². The molecule has 4 nitrogen and oxygen atoms in total. The van der Waals surface area contributed by atoms with E-state index >= 15 is 0 Å². The molecule has 0 bridgehead atoms. The van der Waals surface area contributed by atoms with E-state index in [-0.39, 0.29) is 24.9 Å². The first-order valence-electron chi connectivity index (χ1n) is 4.76. The maximum Gasteiger partial charge on any atom is 0.238 e. The molecule has 0 saturated carbocycles. The van der Waals surface area contributed by atoms with Crippen LogP contribution in [0, 0.1) is 6.92 Å². The Hall–Kier alpha value is -1.26. The molecule has 1 aromatic carbocycles. The van der Waals surface area contributed by atoms with E-state index in [1.165, 1.54) is 0 Å². The van der Waals surface area contributed by atoms with Crippen LogP contribution in [0.15, 0.2) is 18.2 Å². The molecule has 0 atom stereocenters. The van der Waals surface area contributed by atoms with Crippen LogP contribution >= 0.6 is 12.4 Å². The maximum absolute atomic E-state index is 11.3. The van der Waals surface area contributed by atoms with E-state index in [2.05, 4.69) is 10.6 Å². The van der Waals surface area contributed by atoms with Gasteiger partial charge in [0.25, 0.3) is 0 Å². The van der Waals surface area contributed by atoms with E-state index in [1.54, 1.807) is 14.2 Å². The van der Waals surface area contributed by atoms with Crippen molar-refractivity contribution < 1.29 is 9.53 Å². The maximum atomic E-state index is 11.3. The van der Waals surface area contributed by atoms with Gasteiger partial charge >= 0.3 is 0 Å². The highest BCUT2D eigenvalue weighted by atomic mass is 35.5. The van der Waals surface area contributed by atoms with Crippen LogP contribution in [0.4, 0.5) is 5.69 Å². The fraction of sp³-hybridized carbons (Fsp3) is 0.364. The van der Waals surface area contributed by atoms with Gasteiger partial charge in [-0.15, -0.1) is 12.4 Å². The quantitative estimate of drug-likeness (QED) is 0.846. The SMILES string of the molecule is CNCC(=O)Nc1ccc(C)cc1OC.Cl. The van der Waals surface area contributed by atoms with Gasteiger partial charge in [-0.05, 0) is 31.7 Å². The molecular weight excluding hydrogens is 228 g/mol. The Morgan fingerprint density at radius 1 is 1.44 bits per heavy atom. The van der Waals surface area contributed by atoms with Crippen LogP contribution in [-0.2, 0) is 4.79 Å². The number of benzene rings is 1. The second-order valence-corrected chi connectivity index (χ2v) is 3.28. The minimum Gasteiger partial charge on any atom is -0.495 e. The third-order valence-electron chi connectivity index (χ3n) is 1.97. The number of nitrogens with one attached hydrogen (secondary N) is 2. The molecule has 0 aliphatic rings. The normalized spacial score (nSPS) is 9.19. The van der Waals surface area contributed by atoms with Crippen molar-refractivity contribution in [3.63, 3.8) is 0 Å². The molecule has 1 rings (SSSR count). The molecule has 0 spiro atoms. The molecule has 0 aliphatic heterocycles. The Balaban J connectivity index is 0.00000225. The summed E-state index contributed by atoms with van der Waals surface area (Å²) in [5.41, 5.74) is 1.79. The third-order valence-corrected chi connectivity index (χ3v) is 1.97. The zero-order valence-electron chi connectivity index (χ0n) is 9.66. The van der Waals surface area contributed by atoms with Crippen molar-refractivity contribution in [1.82, 2.24) is 5.32 Å². The summed E-state index contributed by atoms with van der Waals surface area (Å²) < 4.78 is 5.17. The predicted molar refractivity (Wildman–Crippen MR) is 67.5 cm³/mol. The van der Waals surface area contributed by atoms with E-state index in [0.717, 1.165) is 5.56 Å². The molecule has 5 heteroatoms. The second-order valence-electron chi connectivity index (χ2n) is 3.28. The van der Waals surface area contributed by atoms with Crippen molar-refractivity contribution in [2.24, 2.45) is 0 Å². The Morgan fingerprint density at radius 2 is 2.12 bits per heavy atom. The first kappa shape index (κ1) is 14.7. The molecule has 0 aliphatic carbocycles. The number of hydrogen-bond acceptors (Lipinski definition) is 3. The largest absolute Gasteiger partial charge is 0.495 e. The Morgan fingerprint density at radius 3 is 2.69 bits per heavy atom. The smallest absolute Gasteiger partial charge is 0.238 e. The molecule has 0 heterocycles. The molecule has 0 fully saturated rings. The summed E-state index contributed by atoms with van der Waals surface area (Å²) in [6.07, 6.45) is 0. The van der Waals surface area contributed by atoms with Crippen LogP contribution in [0.25, 0.3) is 0 Å². The van der Waals surface area contributed by atoms with Crippen molar-refractivity contribution in [3.8, 4) is 5.75 Å². The van der Waals surface area contributed by atoms with E-state index in [1.807, 2.05) is 25.1 Å². The lowest BCUT2D eigenvalue weighted by atomic mass is 10.2. The Bertz CT molecular complexity index is 356. The van der Waals surface area contributed by atoms with E-state index < -0.39 is 0 Å². The lowest BCUT2D eigenvalue weighted by molar-refractivity contribution is -0.115. The van der Waals surface area contributed by atoms with Gasteiger partial charge < -0.3 is 15.4 Å². The number of anilines is 1. The van der Waals surface area contributed by atoms with Gasteiger partial charge in [0.1, 0.15) is 5.75 Å². The number of carbonyl (C=O) groups excluding carboxylic acids is 1. The third kappa shape index (κ3) is 4.08. The minimum absolute atomic E-state index is 0. The minimum atomic E-state index is -0.0837. The van der Waals surface area contributed by atoms with Crippen LogP contribution in [0.5, 0.6) is 5.75 Å². The molecule has 1 aromatic rings. The van der Waals surface area contributed by atoms with Crippen molar-refractivity contribution in [2.75, 3.05) is 26.0 Å². The molecule has 1 amide bonds. The van der Waals surface area contributed by atoms with Gasteiger partial charge in [-0.2, -0.15) is 0 Å². The zero-order valence-corrected chi connectivity index (χ0v) is 10.5. The number of amides is 1. The number of halogens is 1. The number of aryl methyl sites for hydroxylation is 1. The number of likely N-dealkylation sites (N-methyl/N-ethyl adjacent to an activating group) is 1. The molecule has 0 saturated heterocycles. The summed E-state index contributed by atoms with van der Waals surface area (Å²) in [6, 6.07) is 5.65. The number of ether oxygens (including phenoxy) is 1. The van der Waals surface area contributed by atoms with Crippen LogP contribution < -0.4 is 15.4 Å². The summed E-state index contributed by atoms with van der Waals surface area (Å²) in [7, 11) is 3.31. The zero-order chi connectivity index (χ0) is 11.3. The van der Waals surface area contributed by atoms with Gasteiger partial charge in [-0.1, -0.05) is 6.07 Å². The summed E-state index contributed by atoms with van der Waals surface area (Å²) in [4.78, 5) is 11.3. The van der Waals surface area contributed by atoms with Gasteiger partial charge in [0.15, 0.2) is 0 Å². The first-order valence-corrected chi connectivity index (χ1v) is 4.76. The number of carbonyl (C=O) groups is 1. The summed E-state index contributed by atoms with van der Waals surface area (Å²) in [6.45, 7) is 2.26. The van der Waals surface area contributed by atoms with E-state index in [9.17, 15) is 4.79 Å². The molecule has 90 valence electrons. The number of rotatable bonds is 4. The topological polar surface area (TPSA) is 50.4 Å². The van der Waals surface area contributed by atoms with Gasteiger partial charge in [0.05, 0.1) is 19.3 Å². The fourth-order valence-corrected chi connectivity index (χ4v) is 1.26. The molecule has 16 heavy (non-hydrogen) atoms. The average Bonchev–Trinajstić information content (AvgIpc) is 2.21. The van der Waals surface area contributed by atoms with Gasteiger partial charge in [0, 0.05) is 0 Å². The van der Waals surface area contributed by atoms with Gasteiger partial charge in [-0.3, -0.25) is 4.79 Å². The molecule has 0 aromatic heterocycles. The van der Waals surface area contributed by atoms with E-state index in [0.29, 0.717) is 11.4 Å². The monoisotopic (exact) mass is 244 g/mol. The highest BCUT2D eigenvalue weighted by molar-refractivity contribution is 5.93. The molecule has 0 radical (unpaired) electrons. The lowest BCUT2D eigenvalue weighted by Gasteiger charge is -2.10. The molecule has 2 N–H and O–H groups in total. The van der Waals surface area contributed by atoms with Gasteiger partial charge in [-0.25, -0.2) is 0 Å². The Labute approximate surface area is 102 Å². The van der Waals surface area contributed by atoms with Crippen LogP contribution in [0.1, 0.15) is 5.56 Å². The second kappa shape index (κ2) is 7.09. The highest BCUT2D eigenvalue weighted by Crippen LogP contribution is 2.24. The van der Waals surface area contributed by atoms with Crippen LogP contribution in [0.2, 0.25) is 0 Å². The fourth-order valence-electron chi connectivity index (χ4n) is 1.26. The predicted octanol–water partition coefficient (Wildman–Crippen LogP) is 1.58. The van der Waals surface area contributed by atoms with Crippen LogP contribution in [0.3, 0.4) is 0 Å². The van der Waals surface area contributed by atoms with Crippen molar-refractivity contribution in [3.05, 3.63) is 23.8 Å². The van der Waals surface area contributed by atoms with Crippen molar-refractivity contribution in [2.45, 2.75) is 6.92 Å². The first-order chi connectivity index (χ1) is 7.17. The van der Waals surface area contributed by atoms with Crippen LogP contribution in [-0.4, -0.2) is 26.6 Å². The summed E-state index contributed by atoms with van der Waals surface area (Å²) >= 11 is 0. The molecule has 0 unspecified atom stereocenters. The van der Waals surface area contributed by atoms with E-state index in [4.69, 9.17) is 4.74 Å². The average molecular weight is 245 g/mol.